The van der Waals surface area contributed by atoms with Gasteiger partial charge in [-0.2, -0.15) is 5.10 Å². The SMILES string of the molecule is CN1C(=O)Cc2cc(C3=NNC(=O)C4CCCC34)ccc21. The van der Waals surface area contributed by atoms with E-state index in [0.717, 1.165) is 41.8 Å². The Balaban J connectivity index is 1.73. The highest BCUT2D eigenvalue weighted by Gasteiger charge is 2.39. The summed E-state index contributed by atoms with van der Waals surface area (Å²) in [5.41, 5.74) is 6.70. The molecule has 5 nitrogen and oxygen atoms in total. The predicted molar refractivity (Wildman–Crippen MR) is 79.1 cm³/mol. The number of nitrogens with one attached hydrogen (secondary N) is 1. The molecule has 2 unspecified atom stereocenters. The lowest BCUT2D eigenvalue weighted by Gasteiger charge is -2.25. The molecule has 4 rings (SSSR count). The molecule has 3 aliphatic rings. The first-order valence-corrected chi connectivity index (χ1v) is 7.42. The van der Waals surface area contributed by atoms with E-state index in [4.69, 9.17) is 0 Å². The number of hydrogen-bond acceptors (Lipinski definition) is 3. The Morgan fingerprint density at radius 1 is 1.24 bits per heavy atom. The van der Waals surface area contributed by atoms with Crippen molar-refractivity contribution in [3.8, 4) is 0 Å². The van der Waals surface area contributed by atoms with Gasteiger partial charge in [-0.1, -0.05) is 12.5 Å². The smallest absolute Gasteiger partial charge is 0.243 e. The molecular weight excluding hydrogens is 266 g/mol. The largest absolute Gasteiger partial charge is 0.315 e. The fraction of sp³-hybridized carbons (Fsp3) is 0.438. The molecule has 0 bridgehead atoms. The first-order valence-electron chi connectivity index (χ1n) is 7.42. The number of benzene rings is 1. The maximum absolute atomic E-state index is 11.9. The number of carbonyl (C=O) groups excluding carboxylic acids is 2. The fourth-order valence-electron chi connectivity index (χ4n) is 3.79. The quantitative estimate of drug-likeness (QED) is 0.848. The van der Waals surface area contributed by atoms with Crippen molar-refractivity contribution in [3.05, 3.63) is 29.3 Å². The lowest BCUT2D eigenvalue weighted by molar-refractivity contribution is -0.126. The molecule has 0 spiro atoms. The molecule has 1 fully saturated rings. The monoisotopic (exact) mass is 283 g/mol. The van der Waals surface area contributed by atoms with Crippen LogP contribution in [0.3, 0.4) is 0 Å². The summed E-state index contributed by atoms with van der Waals surface area (Å²) in [6.45, 7) is 0. The molecule has 1 aromatic rings. The minimum atomic E-state index is 0.0531. The summed E-state index contributed by atoms with van der Waals surface area (Å²) in [5.74, 6) is 0.471. The zero-order valence-electron chi connectivity index (χ0n) is 11.9. The second-order valence-corrected chi connectivity index (χ2v) is 6.09. The summed E-state index contributed by atoms with van der Waals surface area (Å²) >= 11 is 0. The molecule has 2 aliphatic heterocycles. The van der Waals surface area contributed by atoms with Crippen LogP contribution in [-0.2, 0) is 16.0 Å². The third kappa shape index (κ3) is 1.80. The Morgan fingerprint density at radius 3 is 2.90 bits per heavy atom. The van der Waals surface area contributed by atoms with Crippen LogP contribution in [0.5, 0.6) is 0 Å². The number of anilines is 1. The standard InChI is InChI=1S/C16H17N3O2/c1-19-13-6-5-9(7-10(13)8-14(19)20)15-11-3-2-4-12(11)16(21)18-17-15/h5-7,11-12H,2-4,8H2,1H3,(H,18,21). The molecule has 21 heavy (non-hydrogen) atoms. The molecule has 2 heterocycles. The van der Waals surface area contributed by atoms with Gasteiger partial charge in [-0.3, -0.25) is 9.59 Å². The molecule has 0 saturated heterocycles. The van der Waals surface area contributed by atoms with Gasteiger partial charge in [-0.15, -0.1) is 0 Å². The van der Waals surface area contributed by atoms with Crippen LogP contribution in [0.4, 0.5) is 5.69 Å². The molecule has 0 radical (unpaired) electrons. The summed E-state index contributed by atoms with van der Waals surface area (Å²) in [6, 6.07) is 6.06. The maximum Gasteiger partial charge on any atom is 0.243 e. The van der Waals surface area contributed by atoms with Gasteiger partial charge in [0.05, 0.1) is 12.1 Å². The molecular formula is C16H17N3O2. The fourth-order valence-corrected chi connectivity index (χ4v) is 3.79. The van der Waals surface area contributed by atoms with Crippen molar-refractivity contribution in [1.82, 2.24) is 5.43 Å². The molecule has 1 aromatic carbocycles. The Morgan fingerprint density at radius 2 is 2.05 bits per heavy atom. The number of carbonyl (C=O) groups is 2. The Hall–Kier alpha value is -2.17. The average Bonchev–Trinajstić information content (AvgIpc) is 3.06. The number of rotatable bonds is 1. The third-order valence-electron chi connectivity index (χ3n) is 4.94. The molecule has 5 heteroatoms. The number of nitrogens with zero attached hydrogens (tertiary/aromatic N) is 2. The van der Waals surface area contributed by atoms with Crippen LogP contribution >= 0.6 is 0 Å². The van der Waals surface area contributed by atoms with E-state index in [9.17, 15) is 9.59 Å². The normalized spacial score (nSPS) is 27.3. The average molecular weight is 283 g/mol. The van der Waals surface area contributed by atoms with E-state index in [1.165, 1.54) is 0 Å². The highest BCUT2D eigenvalue weighted by atomic mass is 16.2. The number of hydrogen-bond donors (Lipinski definition) is 1. The third-order valence-corrected chi connectivity index (χ3v) is 4.94. The first-order chi connectivity index (χ1) is 10.1. The van der Waals surface area contributed by atoms with Gasteiger partial charge in [0, 0.05) is 24.6 Å². The molecule has 2 amide bonds. The van der Waals surface area contributed by atoms with Crippen LogP contribution in [0.1, 0.15) is 30.4 Å². The van der Waals surface area contributed by atoms with Gasteiger partial charge < -0.3 is 4.90 Å². The Bertz CT molecular complexity index is 680. The number of amides is 2. The molecule has 1 saturated carbocycles. The maximum atomic E-state index is 11.9. The second kappa shape index (κ2) is 4.41. The molecule has 1 N–H and O–H groups in total. The van der Waals surface area contributed by atoms with Crippen molar-refractivity contribution in [2.75, 3.05) is 11.9 Å². The van der Waals surface area contributed by atoms with Crippen LogP contribution in [0.25, 0.3) is 0 Å². The Labute approximate surface area is 123 Å². The number of fused-ring (bicyclic) bond motifs is 2. The highest BCUT2D eigenvalue weighted by Crippen LogP contribution is 2.38. The van der Waals surface area contributed by atoms with Crippen molar-refractivity contribution in [1.29, 1.82) is 0 Å². The zero-order valence-corrected chi connectivity index (χ0v) is 11.9. The topological polar surface area (TPSA) is 61.8 Å². The van der Waals surface area contributed by atoms with Gasteiger partial charge in [-0.25, -0.2) is 5.43 Å². The van der Waals surface area contributed by atoms with Gasteiger partial charge in [0.25, 0.3) is 0 Å². The van der Waals surface area contributed by atoms with Crippen LogP contribution in [0.2, 0.25) is 0 Å². The van der Waals surface area contributed by atoms with E-state index in [-0.39, 0.29) is 23.7 Å². The van der Waals surface area contributed by atoms with Crippen molar-refractivity contribution >= 4 is 23.2 Å². The van der Waals surface area contributed by atoms with E-state index in [1.807, 2.05) is 12.1 Å². The van der Waals surface area contributed by atoms with E-state index >= 15 is 0 Å². The van der Waals surface area contributed by atoms with E-state index in [2.05, 4.69) is 16.6 Å². The van der Waals surface area contributed by atoms with E-state index in [0.29, 0.717) is 6.42 Å². The number of likely N-dealkylation sites (N-methyl/N-ethyl adjacent to an activating group) is 1. The van der Waals surface area contributed by atoms with Gasteiger partial charge >= 0.3 is 0 Å². The summed E-state index contributed by atoms with van der Waals surface area (Å²) in [6.07, 6.45) is 3.50. The summed E-state index contributed by atoms with van der Waals surface area (Å²) in [7, 11) is 1.80. The predicted octanol–water partition coefficient (Wildman–Crippen LogP) is 1.46. The zero-order chi connectivity index (χ0) is 14.6. The lowest BCUT2D eigenvalue weighted by Crippen LogP contribution is -2.39. The van der Waals surface area contributed by atoms with Crippen molar-refractivity contribution in [2.45, 2.75) is 25.7 Å². The first kappa shape index (κ1) is 12.6. The minimum absolute atomic E-state index is 0.0531. The van der Waals surface area contributed by atoms with E-state index < -0.39 is 0 Å². The molecule has 2 atom stereocenters. The van der Waals surface area contributed by atoms with Crippen LogP contribution < -0.4 is 10.3 Å². The van der Waals surface area contributed by atoms with Crippen LogP contribution in [0.15, 0.2) is 23.3 Å². The summed E-state index contributed by atoms with van der Waals surface area (Å²) in [4.78, 5) is 25.3. The van der Waals surface area contributed by atoms with Gasteiger partial charge in [0.2, 0.25) is 11.8 Å². The van der Waals surface area contributed by atoms with Crippen molar-refractivity contribution in [3.63, 3.8) is 0 Å². The minimum Gasteiger partial charge on any atom is -0.315 e. The van der Waals surface area contributed by atoms with Crippen LogP contribution in [-0.4, -0.2) is 24.6 Å². The van der Waals surface area contributed by atoms with Gasteiger partial charge in [0.15, 0.2) is 0 Å². The van der Waals surface area contributed by atoms with Gasteiger partial charge in [0.1, 0.15) is 0 Å². The summed E-state index contributed by atoms with van der Waals surface area (Å²) < 4.78 is 0. The van der Waals surface area contributed by atoms with E-state index in [1.54, 1.807) is 11.9 Å². The van der Waals surface area contributed by atoms with Crippen molar-refractivity contribution < 1.29 is 9.59 Å². The van der Waals surface area contributed by atoms with Gasteiger partial charge in [-0.05, 0) is 36.1 Å². The summed E-state index contributed by atoms with van der Waals surface area (Å²) in [5, 5.41) is 4.31. The number of hydrazone groups is 1. The lowest BCUT2D eigenvalue weighted by atomic mass is 9.85. The van der Waals surface area contributed by atoms with Crippen LogP contribution in [0, 0.1) is 11.8 Å². The molecule has 108 valence electrons. The molecule has 1 aliphatic carbocycles. The second-order valence-electron chi connectivity index (χ2n) is 6.09. The highest BCUT2D eigenvalue weighted by molar-refractivity contribution is 6.08. The van der Waals surface area contributed by atoms with Crippen molar-refractivity contribution in [2.24, 2.45) is 16.9 Å². The molecule has 0 aromatic heterocycles. The Kier molecular flexibility index (Phi) is 2.64.